The Labute approximate surface area is 100 Å². The lowest BCUT2D eigenvalue weighted by atomic mass is 10.1. The number of rotatable bonds is 1. The van der Waals surface area contributed by atoms with Crippen molar-refractivity contribution in [1.82, 2.24) is 9.78 Å². The number of nitrogens with zero attached hydrogens (tertiary/aromatic N) is 3. The molecule has 0 bridgehead atoms. The average Bonchev–Trinajstić information content (AvgIpc) is 2.74. The maximum atomic E-state index is 12.7. The van der Waals surface area contributed by atoms with Crippen molar-refractivity contribution < 1.29 is 13.2 Å². The lowest BCUT2D eigenvalue weighted by Crippen LogP contribution is -2.09. The Morgan fingerprint density at radius 3 is 2.50 bits per heavy atom. The van der Waals surface area contributed by atoms with Crippen molar-refractivity contribution in [3.05, 3.63) is 41.6 Å². The van der Waals surface area contributed by atoms with E-state index < -0.39 is 17.3 Å². The molecule has 2 N–H and O–H groups in total. The van der Waals surface area contributed by atoms with Crippen LogP contribution in [-0.2, 0) is 6.18 Å². The van der Waals surface area contributed by atoms with Crippen LogP contribution in [0.4, 0.5) is 19.0 Å². The van der Waals surface area contributed by atoms with Gasteiger partial charge in [0.05, 0.1) is 22.9 Å². The van der Waals surface area contributed by atoms with Gasteiger partial charge in [-0.05, 0) is 18.2 Å². The van der Waals surface area contributed by atoms with E-state index in [1.807, 2.05) is 0 Å². The van der Waals surface area contributed by atoms with Crippen molar-refractivity contribution >= 4 is 5.82 Å². The molecule has 0 fully saturated rings. The molecule has 0 spiro atoms. The van der Waals surface area contributed by atoms with Crippen LogP contribution in [0.2, 0.25) is 0 Å². The van der Waals surface area contributed by atoms with Gasteiger partial charge in [-0.25, -0.2) is 4.68 Å². The first-order valence-corrected chi connectivity index (χ1v) is 4.84. The third-order valence-electron chi connectivity index (χ3n) is 2.30. The molecule has 18 heavy (non-hydrogen) atoms. The highest BCUT2D eigenvalue weighted by Gasteiger charge is 2.34. The van der Waals surface area contributed by atoms with Crippen molar-refractivity contribution in [3.8, 4) is 11.8 Å². The van der Waals surface area contributed by atoms with Gasteiger partial charge in [-0.1, -0.05) is 0 Å². The quantitative estimate of drug-likeness (QED) is 0.847. The van der Waals surface area contributed by atoms with E-state index in [0.29, 0.717) is 0 Å². The lowest BCUT2D eigenvalue weighted by Gasteiger charge is -2.10. The molecular weight excluding hydrogens is 245 g/mol. The Bertz CT molecular complexity index is 622. The molecule has 0 saturated carbocycles. The third kappa shape index (κ3) is 2.13. The molecule has 0 aliphatic heterocycles. The van der Waals surface area contributed by atoms with E-state index in [0.717, 1.165) is 12.1 Å². The molecule has 0 aliphatic carbocycles. The summed E-state index contributed by atoms with van der Waals surface area (Å²) in [5, 5.41) is 12.5. The first-order valence-electron chi connectivity index (χ1n) is 4.84. The standard InChI is InChI=1S/C11H7F3N4/c12-11(13,14)9-5-8(2-1-7(9)6-15)18-4-3-10(16)17-18/h1-5H,(H2,16,17). The van der Waals surface area contributed by atoms with Crippen LogP contribution in [0.1, 0.15) is 11.1 Å². The summed E-state index contributed by atoms with van der Waals surface area (Å²) in [5.41, 5.74) is 4.17. The highest BCUT2D eigenvalue weighted by Crippen LogP contribution is 2.33. The van der Waals surface area contributed by atoms with Crippen molar-refractivity contribution in [2.24, 2.45) is 0 Å². The van der Waals surface area contributed by atoms with Gasteiger partial charge in [0.25, 0.3) is 0 Å². The normalized spacial score (nSPS) is 11.2. The SMILES string of the molecule is N#Cc1ccc(-n2ccc(N)n2)cc1C(F)(F)F. The van der Waals surface area contributed by atoms with Crippen molar-refractivity contribution in [3.63, 3.8) is 0 Å². The molecule has 0 unspecified atom stereocenters. The minimum atomic E-state index is -4.58. The first-order chi connectivity index (χ1) is 8.41. The van der Waals surface area contributed by atoms with Gasteiger partial charge >= 0.3 is 6.18 Å². The average molecular weight is 252 g/mol. The Morgan fingerprint density at radius 1 is 1.28 bits per heavy atom. The van der Waals surface area contributed by atoms with Gasteiger partial charge in [-0.15, -0.1) is 0 Å². The summed E-state index contributed by atoms with van der Waals surface area (Å²) in [7, 11) is 0. The molecule has 1 aromatic carbocycles. The van der Waals surface area contributed by atoms with Gasteiger partial charge in [0.15, 0.2) is 0 Å². The third-order valence-corrected chi connectivity index (χ3v) is 2.30. The van der Waals surface area contributed by atoms with E-state index in [1.165, 1.54) is 29.1 Å². The molecule has 0 atom stereocenters. The summed E-state index contributed by atoms with van der Waals surface area (Å²) in [5.74, 6) is 0.202. The van der Waals surface area contributed by atoms with Crippen LogP contribution >= 0.6 is 0 Å². The number of alkyl halides is 3. The molecular formula is C11H7F3N4. The zero-order valence-corrected chi connectivity index (χ0v) is 8.94. The maximum absolute atomic E-state index is 12.7. The highest BCUT2D eigenvalue weighted by molar-refractivity contribution is 5.47. The summed E-state index contributed by atoms with van der Waals surface area (Å²) in [4.78, 5) is 0. The smallest absolute Gasteiger partial charge is 0.382 e. The summed E-state index contributed by atoms with van der Waals surface area (Å²) in [6, 6.07) is 6.32. The predicted octanol–water partition coefficient (Wildman–Crippen LogP) is 2.34. The zero-order valence-electron chi connectivity index (χ0n) is 8.94. The fraction of sp³-hybridized carbons (Fsp3) is 0.0909. The van der Waals surface area contributed by atoms with Crippen molar-refractivity contribution in [1.29, 1.82) is 5.26 Å². The van der Waals surface area contributed by atoms with Crippen LogP contribution in [0.3, 0.4) is 0 Å². The number of nitrogen functional groups attached to an aromatic ring is 1. The minimum absolute atomic E-state index is 0.193. The number of nitrogens with two attached hydrogens (primary N) is 1. The summed E-state index contributed by atoms with van der Waals surface area (Å²) >= 11 is 0. The summed E-state index contributed by atoms with van der Waals surface area (Å²) < 4.78 is 39.4. The molecule has 0 radical (unpaired) electrons. The molecule has 0 amide bonds. The Morgan fingerprint density at radius 2 is 2.00 bits per heavy atom. The highest BCUT2D eigenvalue weighted by atomic mass is 19.4. The van der Waals surface area contributed by atoms with E-state index in [9.17, 15) is 13.2 Å². The molecule has 2 rings (SSSR count). The van der Waals surface area contributed by atoms with E-state index in [1.54, 1.807) is 0 Å². The molecule has 7 heteroatoms. The van der Waals surface area contributed by atoms with Gasteiger partial charge in [0, 0.05) is 12.3 Å². The number of benzene rings is 1. The van der Waals surface area contributed by atoms with Gasteiger partial charge in [-0.2, -0.15) is 23.5 Å². The Balaban J connectivity index is 2.57. The van der Waals surface area contributed by atoms with Crippen LogP contribution in [0.15, 0.2) is 30.5 Å². The summed E-state index contributed by atoms with van der Waals surface area (Å²) in [6.07, 6.45) is -3.14. The first kappa shape index (κ1) is 12.0. The molecule has 2 aromatic rings. The second-order valence-electron chi connectivity index (χ2n) is 3.52. The fourth-order valence-corrected chi connectivity index (χ4v) is 1.49. The van der Waals surface area contributed by atoms with Gasteiger partial charge in [0.1, 0.15) is 5.82 Å². The molecule has 1 aromatic heterocycles. The molecule has 0 saturated heterocycles. The number of hydrogen-bond acceptors (Lipinski definition) is 3. The predicted molar refractivity (Wildman–Crippen MR) is 57.7 cm³/mol. The van der Waals surface area contributed by atoms with Crippen LogP contribution in [0, 0.1) is 11.3 Å². The zero-order chi connectivity index (χ0) is 13.3. The Kier molecular flexibility index (Phi) is 2.71. The monoisotopic (exact) mass is 252 g/mol. The Hall–Kier alpha value is -2.49. The second-order valence-corrected chi connectivity index (χ2v) is 3.52. The number of aromatic nitrogens is 2. The number of hydrogen-bond donors (Lipinski definition) is 1. The molecule has 92 valence electrons. The topological polar surface area (TPSA) is 67.6 Å². The second kappa shape index (κ2) is 4.07. The van der Waals surface area contributed by atoms with Crippen LogP contribution in [0.25, 0.3) is 5.69 Å². The van der Waals surface area contributed by atoms with Crippen molar-refractivity contribution in [2.75, 3.05) is 5.73 Å². The molecule has 4 nitrogen and oxygen atoms in total. The van der Waals surface area contributed by atoms with E-state index in [4.69, 9.17) is 11.0 Å². The van der Waals surface area contributed by atoms with Crippen LogP contribution in [0.5, 0.6) is 0 Å². The lowest BCUT2D eigenvalue weighted by molar-refractivity contribution is -0.137. The maximum Gasteiger partial charge on any atom is 0.417 e. The van der Waals surface area contributed by atoms with Crippen LogP contribution in [-0.4, -0.2) is 9.78 Å². The number of halogens is 3. The fourth-order valence-electron chi connectivity index (χ4n) is 1.49. The molecule has 1 heterocycles. The minimum Gasteiger partial charge on any atom is -0.382 e. The largest absolute Gasteiger partial charge is 0.417 e. The van der Waals surface area contributed by atoms with E-state index >= 15 is 0 Å². The summed E-state index contributed by atoms with van der Waals surface area (Å²) in [6.45, 7) is 0. The van der Waals surface area contributed by atoms with Crippen LogP contribution < -0.4 is 5.73 Å². The van der Waals surface area contributed by atoms with Gasteiger partial charge < -0.3 is 5.73 Å². The number of anilines is 1. The van der Waals surface area contributed by atoms with Gasteiger partial charge in [0.2, 0.25) is 0 Å². The van der Waals surface area contributed by atoms with E-state index in [2.05, 4.69) is 5.10 Å². The van der Waals surface area contributed by atoms with Gasteiger partial charge in [-0.3, -0.25) is 0 Å². The number of nitriles is 1. The van der Waals surface area contributed by atoms with E-state index in [-0.39, 0.29) is 11.5 Å². The van der Waals surface area contributed by atoms with Crippen molar-refractivity contribution in [2.45, 2.75) is 6.18 Å². The molecule has 0 aliphatic rings.